The van der Waals surface area contributed by atoms with Crippen molar-refractivity contribution < 1.29 is 19.0 Å². The van der Waals surface area contributed by atoms with Crippen LogP contribution in [-0.2, 0) is 4.79 Å². The summed E-state index contributed by atoms with van der Waals surface area (Å²) in [5.74, 6) is 3.19. The highest BCUT2D eigenvalue weighted by Gasteiger charge is 2.09. The van der Waals surface area contributed by atoms with Gasteiger partial charge in [0.05, 0.1) is 0 Å². The summed E-state index contributed by atoms with van der Waals surface area (Å²) in [7, 11) is 0. The summed E-state index contributed by atoms with van der Waals surface area (Å²) >= 11 is 0. The fourth-order valence-electron chi connectivity index (χ4n) is 1.89. The summed E-state index contributed by atoms with van der Waals surface area (Å²) in [4.78, 5) is 22.4. The van der Waals surface area contributed by atoms with E-state index in [9.17, 15) is 4.79 Å². The number of rotatable bonds is 5. The number of carbonyl (C=O) groups excluding carboxylic acids is 1. The second kappa shape index (κ2) is 7.55. The van der Waals surface area contributed by atoms with E-state index in [4.69, 9.17) is 14.7 Å². The first kappa shape index (κ1) is 15.9. The summed E-state index contributed by atoms with van der Waals surface area (Å²) < 4.78 is 15.7. The van der Waals surface area contributed by atoms with Gasteiger partial charge in [0.25, 0.3) is 6.26 Å². The van der Waals surface area contributed by atoms with Crippen LogP contribution < -0.4 is 14.2 Å². The van der Waals surface area contributed by atoms with Gasteiger partial charge in [-0.15, -0.1) is 10.2 Å². The number of benzene rings is 1. The first-order valence-electron chi connectivity index (χ1n) is 7.10. The van der Waals surface area contributed by atoms with Crippen LogP contribution in [0.4, 0.5) is 0 Å². The molecule has 0 saturated heterocycles. The Labute approximate surface area is 142 Å². The van der Waals surface area contributed by atoms with Gasteiger partial charge in [-0.2, -0.15) is 9.97 Å². The minimum atomic E-state index is 0.0489. The number of aromatic nitrogens is 3. The van der Waals surface area contributed by atoms with Gasteiger partial charge in [-0.1, -0.05) is 0 Å². The molecule has 0 fully saturated rings. The fourth-order valence-corrected chi connectivity index (χ4v) is 1.89. The molecule has 122 valence electrons. The molecular weight excluding hydrogens is 324 g/mol. The Bertz CT molecular complexity index is 922. The maximum Gasteiger partial charge on any atom is 0.328 e. The minimum Gasteiger partial charge on any atom is -0.424 e. The molecule has 0 atom stereocenters. The molecule has 8 heteroatoms. The highest BCUT2D eigenvalue weighted by Crippen LogP contribution is 2.22. The average molecular weight is 334 g/mol. The van der Waals surface area contributed by atoms with Crippen LogP contribution in [0.5, 0.6) is 23.5 Å². The maximum atomic E-state index is 10.5. The van der Waals surface area contributed by atoms with Crippen molar-refractivity contribution in [2.75, 3.05) is 0 Å². The van der Waals surface area contributed by atoms with Crippen LogP contribution in [0.25, 0.3) is 0 Å². The average Bonchev–Trinajstić information content (AvgIpc) is 2.65. The zero-order valence-electron chi connectivity index (χ0n) is 12.7. The second-order valence-corrected chi connectivity index (χ2v) is 4.69. The Morgan fingerprint density at radius 1 is 1.00 bits per heavy atom. The molecule has 25 heavy (non-hydrogen) atoms. The lowest BCUT2D eigenvalue weighted by molar-refractivity contribution is 0.376. The van der Waals surface area contributed by atoms with Crippen molar-refractivity contribution in [3.05, 3.63) is 60.2 Å². The Morgan fingerprint density at radius 2 is 1.72 bits per heavy atom. The Kier molecular flexibility index (Phi) is 4.81. The number of nitriles is 1. The second-order valence-electron chi connectivity index (χ2n) is 4.69. The highest BCUT2D eigenvalue weighted by atomic mass is 16.5. The van der Waals surface area contributed by atoms with Crippen molar-refractivity contribution in [3.8, 4) is 29.8 Å². The fraction of sp³-hybridized carbons (Fsp3) is 0.0588. The molecule has 0 bridgehead atoms. The van der Waals surface area contributed by atoms with Gasteiger partial charge in [0, 0.05) is 12.0 Å². The third kappa shape index (κ3) is 4.28. The quantitative estimate of drug-likeness (QED) is 0.606. The van der Waals surface area contributed by atoms with E-state index in [1.165, 1.54) is 6.33 Å². The highest BCUT2D eigenvalue weighted by molar-refractivity contribution is 5.59. The van der Waals surface area contributed by atoms with E-state index in [-0.39, 0.29) is 12.0 Å². The zero-order chi connectivity index (χ0) is 17.5. The van der Waals surface area contributed by atoms with E-state index >= 15 is 0 Å². The van der Waals surface area contributed by atoms with Crippen LogP contribution in [0.2, 0.25) is 0 Å². The molecule has 1 aliphatic rings. The molecule has 1 aromatic heterocycles. The van der Waals surface area contributed by atoms with Crippen LogP contribution >= 0.6 is 0 Å². The predicted molar refractivity (Wildman–Crippen MR) is 84.3 cm³/mol. The topological polar surface area (TPSA) is 107 Å². The molecule has 2 aromatic rings. The summed E-state index contributed by atoms with van der Waals surface area (Å²) in [5.41, 5.74) is 0.538. The molecule has 0 radical (unpaired) electrons. The number of ether oxygens (including phenoxy) is 3. The molecule has 0 saturated carbocycles. The molecule has 1 aliphatic carbocycles. The lowest BCUT2D eigenvalue weighted by atomic mass is 10.1. The maximum absolute atomic E-state index is 10.5. The molecule has 8 nitrogen and oxygen atoms in total. The number of nitrogens with zero attached hydrogens (tertiary/aromatic N) is 4. The van der Waals surface area contributed by atoms with Gasteiger partial charge in [0.15, 0.2) is 0 Å². The molecule has 1 heterocycles. The lowest BCUT2D eigenvalue weighted by Crippen LogP contribution is -2.02. The Morgan fingerprint density at radius 3 is 2.36 bits per heavy atom. The summed E-state index contributed by atoms with van der Waals surface area (Å²) in [6.07, 6.45) is 8.24. The van der Waals surface area contributed by atoms with Gasteiger partial charge in [-0.05, 0) is 42.5 Å². The van der Waals surface area contributed by atoms with E-state index in [0.29, 0.717) is 29.3 Å². The van der Waals surface area contributed by atoms with Crippen molar-refractivity contribution in [3.63, 3.8) is 0 Å². The first-order chi connectivity index (χ1) is 12.3. The van der Waals surface area contributed by atoms with Gasteiger partial charge in [0.2, 0.25) is 0 Å². The molecule has 0 spiro atoms. The van der Waals surface area contributed by atoms with Crippen molar-refractivity contribution >= 4 is 5.94 Å². The first-order valence-corrected chi connectivity index (χ1v) is 7.10. The van der Waals surface area contributed by atoms with E-state index < -0.39 is 0 Å². The smallest absolute Gasteiger partial charge is 0.328 e. The van der Waals surface area contributed by atoms with Gasteiger partial charge >= 0.3 is 12.0 Å². The van der Waals surface area contributed by atoms with E-state index in [1.807, 2.05) is 5.94 Å². The number of hydrogen-bond acceptors (Lipinski definition) is 8. The third-order valence-corrected chi connectivity index (χ3v) is 3.04. The monoisotopic (exact) mass is 334 g/mol. The van der Waals surface area contributed by atoms with Crippen molar-refractivity contribution in [2.24, 2.45) is 0 Å². The van der Waals surface area contributed by atoms with Crippen LogP contribution in [-0.4, -0.2) is 20.9 Å². The predicted octanol–water partition coefficient (Wildman–Crippen LogP) is 2.50. The van der Waals surface area contributed by atoms with Crippen molar-refractivity contribution in [2.45, 2.75) is 6.42 Å². The Hall–Kier alpha value is -3.95. The normalized spacial score (nSPS) is 12.6. The van der Waals surface area contributed by atoms with Gasteiger partial charge in [-0.25, -0.2) is 4.79 Å². The molecule has 0 amide bonds. The Balaban J connectivity index is 1.67. The number of hydrogen-bond donors (Lipinski definition) is 0. The standard InChI is InChI=1S/C17H10N4O4/c18-10-23-13-5-7-15(8-6-13)25-17-20-11-19-16(21-17)24-14-3-1-12(9-22)2-4-14/h1,3-8,11H,2H2. The van der Waals surface area contributed by atoms with Crippen LogP contribution in [0.3, 0.4) is 0 Å². The van der Waals surface area contributed by atoms with E-state index in [2.05, 4.69) is 19.7 Å². The number of allylic oxidation sites excluding steroid dienone is 4. The molecule has 3 rings (SSSR count). The minimum absolute atomic E-state index is 0.0489. The van der Waals surface area contributed by atoms with Crippen LogP contribution in [0, 0.1) is 11.5 Å². The van der Waals surface area contributed by atoms with Crippen molar-refractivity contribution in [1.82, 2.24) is 15.0 Å². The van der Waals surface area contributed by atoms with Gasteiger partial charge in [-0.3, -0.25) is 0 Å². The van der Waals surface area contributed by atoms with Gasteiger partial charge < -0.3 is 14.2 Å². The SMILES string of the molecule is N#COc1ccc(Oc2ncnc(OC3=CCC(=C=O)C=C3)n2)cc1. The largest absolute Gasteiger partial charge is 0.424 e. The summed E-state index contributed by atoms with van der Waals surface area (Å²) in [6.45, 7) is 0. The molecular formula is C17H10N4O4. The summed E-state index contributed by atoms with van der Waals surface area (Å²) in [5, 5.41) is 8.44. The van der Waals surface area contributed by atoms with E-state index in [1.54, 1.807) is 48.7 Å². The third-order valence-electron chi connectivity index (χ3n) is 3.04. The lowest BCUT2D eigenvalue weighted by Gasteiger charge is -2.09. The van der Waals surface area contributed by atoms with Crippen LogP contribution in [0.15, 0.2) is 60.2 Å². The molecule has 0 unspecified atom stereocenters. The van der Waals surface area contributed by atoms with Gasteiger partial charge in [0.1, 0.15) is 29.5 Å². The zero-order valence-corrected chi connectivity index (χ0v) is 12.7. The van der Waals surface area contributed by atoms with E-state index in [0.717, 1.165) is 0 Å². The molecule has 0 N–H and O–H groups in total. The van der Waals surface area contributed by atoms with Crippen molar-refractivity contribution in [1.29, 1.82) is 5.26 Å². The molecule has 1 aromatic carbocycles. The van der Waals surface area contributed by atoms with Crippen LogP contribution in [0.1, 0.15) is 6.42 Å². The summed E-state index contributed by atoms with van der Waals surface area (Å²) in [6, 6.07) is 6.48. The molecule has 0 aliphatic heterocycles.